The number of hydrogen-bond donors (Lipinski definition) is 0. The second kappa shape index (κ2) is 27.1. The lowest BCUT2D eigenvalue weighted by Gasteiger charge is -2.20. The van der Waals surface area contributed by atoms with Gasteiger partial charge in [-0.3, -0.25) is 0 Å². The molecule has 0 aliphatic rings. The normalized spacial score (nSPS) is 12.2. The van der Waals surface area contributed by atoms with Crippen LogP contribution in [0.5, 0.6) is 0 Å². The minimum atomic E-state index is 1.07. The Bertz CT molecular complexity index is 9420. The first-order valence-corrected chi connectivity index (χ1v) is 44.1. The van der Waals surface area contributed by atoms with E-state index in [1.807, 2.05) is 0 Å². The molecule has 0 unspecified atom stereocenters. The van der Waals surface area contributed by atoms with Gasteiger partial charge in [0.15, 0.2) is 0 Å². The van der Waals surface area contributed by atoms with E-state index in [4.69, 9.17) is 0 Å². The van der Waals surface area contributed by atoms with Crippen molar-refractivity contribution in [2.24, 2.45) is 0 Å². The van der Waals surface area contributed by atoms with Crippen LogP contribution in [0.3, 0.4) is 0 Å². The Kier molecular flexibility index (Phi) is 14.9. The molecule has 0 saturated carbocycles. The third kappa shape index (κ3) is 9.99. The van der Waals surface area contributed by atoms with E-state index in [-0.39, 0.29) is 0 Å². The molecule has 0 aliphatic heterocycles. The van der Waals surface area contributed by atoms with E-state index in [2.05, 4.69) is 485 Å². The Morgan fingerprint density at radius 3 is 0.680 bits per heavy atom. The monoisotopic (exact) mass is 1630 g/mol. The molecule has 128 heavy (non-hydrogen) atoms. The zero-order valence-corrected chi connectivity index (χ0v) is 69.3. The lowest BCUT2D eigenvalue weighted by atomic mass is 9.95. The van der Waals surface area contributed by atoms with Gasteiger partial charge in [-0.2, -0.15) is 0 Å². The summed E-state index contributed by atoms with van der Waals surface area (Å²) < 4.78 is 19.9. The summed E-state index contributed by atoms with van der Waals surface area (Å²) in [6.45, 7) is 0. The van der Waals surface area contributed by atoms with Crippen LogP contribution in [0.4, 0.5) is 0 Å². The topological polar surface area (TPSA) is 39.4 Å². The second-order valence-electron chi connectivity index (χ2n) is 34.2. The summed E-state index contributed by atoms with van der Waals surface area (Å²) in [4.78, 5) is 0. The van der Waals surface area contributed by atoms with Gasteiger partial charge in [-0.15, -0.1) is 0 Å². The van der Waals surface area contributed by atoms with Gasteiger partial charge in [-0.25, -0.2) is 0 Å². The van der Waals surface area contributed by atoms with Crippen LogP contribution in [0.15, 0.2) is 449 Å². The molecule has 594 valence electrons. The van der Waals surface area contributed by atoms with E-state index in [0.29, 0.717) is 0 Å². The quantitative estimate of drug-likeness (QED) is 0.124. The Balaban J connectivity index is 0.640. The van der Waals surface area contributed by atoms with Crippen LogP contribution < -0.4 is 0 Å². The highest BCUT2D eigenvalue weighted by Gasteiger charge is 2.28. The molecule has 0 amide bonds. The van der Waals surface area contributed by atoms with Gasteiger partial charge in [0.1, 0.15) is 0 Å². The van der Waals surface area contributed by atoms with E-state index in [9.17, 15) is 0 Å². The summed E-state index contributed by atoms with van der Waals surface area (Å²) in [7, 11) is 0. The van der Waals surface area contributed by atoms with E-state index in [1.165, 1.54) is 103 Å². The van der Waals surface area contributed by atoms with Crippen LogP contribution in [-0.2, 0) is 0 Å². The smallest absolute Gasteiger partial charge is 0.0562 e. The Labute approximate surface area is 733 Å². The predicted molar refractivity (Wildman–Crippen MR) is 537 cm³/mol. The molecule has 0 fully saturated rings. The van der Waals surface area contributed by atoms with Crippen molar-refractivity contribution in [1.29, 1.82) is 0 Å². The van der Waals surface area contributed by atoms with Crippen LogP contribution in [0, 0.1) is 0 Å². The number of fused-ring (bicyclic) bond motifs is 24. The number of hydrogen-bond acceptors (Lipinski definition) is 0. The lowest BCUT2D eigenvalue weighted by molar-refractivity contribution is 1.15. The van der Waals surface area contributed by atoms with Crippen LogP contribution in [-0.4, -0.2) is 36.5 Å². The third-order valence-electron chi connectivity index (χ3n) is 27.7. The van der Waals surface area contributed by atoms with Gasteiger partial charge in [0.25, 0.3) is 0 Å². The fourth-order valence-electron chi connectivity index (χ4n) is 22.4. The van der Waals surface area contributed by atoms with Crippen LogP contribution >= 0.6 is 0 Å². The van der Waals surface area contributed by atoms with Crippen LogP contribution in [0.2, 0.25) is 0 Å². The molecule has 8 nitrogen and oxygen atoms in total. The van der Waals surface area contributed by atoms with Crippen LogP contribution in [0.25, 0.3) is 253 Å². The molecule has 28 rings (SSSR count). The van der Waals surface area contributed by atoms with E-state index in [0.717, 1.165) is 150 Å². The first-order valence-electron chi connectivity index (χ1n) is 44.1. The molecule has 8 heteroatoms. The summed E-state index contributed by atoms with van der Waals surface area (Å²) in [6.07, 6.45) is 0. The average Bonchev–Trinajstić information content (AvgIpc) is 1.59. The van der Waals surface area contributed by atoms with Gasteiger partial charge in [-0.05, 0) is 181 Å². The van der Waals surface area contributed by atoms with Crippen molar-refractivity contribution in [3.05, 3.63) is 449 Å². The molecular weight excluding hydrogens is 1550 g/mol. The first-order chi connectivity index (χ1) is 63.6. The molecule has 8 aromatic heterocycles. The Morgan fingerprint density at radius 2 is 0.320 bits per heavy atom. The zero-order chi connectivity index (χ0) is 83.5. The second-order valence-corrected chi connectivity index (χ2v) is 34.2. The summed E-state index contributed by atoms with van der Waals surface area (Å²) in [5.41, 5.74) is 34.0. The zero-order valence-electron chi connectivity index (χ0n) is 69.3. The number of benzene rings is 20. The largest absolute Gasteiger partial charge is 0.309 e. The maximum Gasteiger partial charge on any atom is 0.0562 e. The minimum absolute atomic E-state index is 1.07. The molecule has 0 spiro atoms. The van der Waals surface area contributed by atoms with Crippen molar-refractivity contribution in [3.63, 3.8) is 0 Å². The van der Waals surface area contributed by atoms with E-state index >= 15 is 0 Å². The fraction of sp³-hybridized carbons (Fsp3) is 0. The van der Waals surface area contributed by atoms with Crippen molar-refractivity contribution in [2.45, 2.75) is 0 Å². The fourth-order valence-corrected chi connectivity index (χ4v) is 22.4. The molecule has 0 aliphatic carbocycles. The van der Waals surface area contributed by atoms with Crippen molar-refractivity contribution in [3.8, 4) is 78.9 Å². The van der Waals surface area contributed by atoms with Crippen molar-refractivity contribution >= 4 is 174 Å². The maximum absolute atomic E-state index is 2.55. The van der Waals surface area contributed by atoms with Crippen LogP contribution in [0.1, 0.15) is 0 Å². The molecule has 0 bridgehead atoms. The molecule has 28 aromatic rings. The summed E-state index contributed by atoms with van der Waals surface area (Å²) in [6, 6.07) is 168. The van der Waals surface area contributed by atoms with Crippen molar-refractivity contribution in [1.82, 2.24) is 36.5 Å². The highest BCUT2D eigenvalue weighted by Crippen LogP contribution is 2.50. The van der Waals surface area contributed by atoms with Gasteiger partial charge in [0, 0.05) is 125 Å². The molecule has 8 heterocycles. The first kappa shape index (κ1) is 70.3. The predicted octanol–water partition coefficient (Wildman–Crippen LogP) is 31.5. The Morgan fingerprint density at radius 1 is 0.109 bits per heavy atom. The number of para-hydroxylation sites is 14. The number of rotatable bonds is 11. The highest BCUT2D eigenvalue weighted by atomic mass is 15.1. The van der Waals surface area contributed by atoms with Gasteiger partial charge in [-0.1, -0.05) is 279 Å². The molecular formula is C120H74N8. The number of nitrogens with zero attached hydrogens (tertiary/aromatic N) is 8. The third-order valence-corrected chi connectivity index (χ3v) is 27.7. The molecule has 20 aromatic carbocycles. The minimum Gasteiger partial charge on any atom is -0.309 e. The van der Waals surface area contributed by atoms with Gasteiger partial charge >= 0.3 is 0 Å². The van der Waals surface area contributed by atoms with E-state index < -0.39 is 0 Å². The lowest BCUT2D eigenvalue weighted by Crippen LogP contribution is -2.02. The van der Waals surface area contributed by atoms with Gasteiger partial charge in [0.05, 0.1) is 117 Å². The maximum atomic E-state index is 2.55. The average molecular weight is 1630 g/mol. The number of aromatic nitrogens is 8. The highest BCUT2D eigenvalue weighted by molar-refractivity contribution is 6.21. The van der Waals surface area contributed by atoms with Crippen molar-refractivity contribution < 1.29 is 0 Å². The molecule has 0 N–H and O–H groups in total. The molecule has 0 atom stereocenters. The summed E-state index contributed by atoms with van der Waals surface area (Å²) >= 11 is 0. The van der Waals surface area contributed by atoms with Gasteiger partial charge in [0.2, 0.25) is 0 Å². The summed E-state index contributed by atoms with van der Waals surface area (Å²) in [5.74, 6) is 0. The van der Waals surface area contributed by atoms with Gasteiger partial charge < -0.3 is 36.5 Å². The molecule has 0 saturated heterocycles. The standard InChI is InChI=1S/C120H74N8/c1-15-44-99-80(30-1)81-31-2-16-45-100(81)121(99)77-62-67-114-96(72-77)92-42-13-18-47-102(92)122(114)78-63-68-115-97(73-78)93-43-14-28-57-112(93)128(115)119-71-76(60-65-94(119)90-40-11-24-53-108(90)125-105-50-21-5-34-84(105)85-35-6-22-51-106(85)125)75-61-66-113-95(70-75)91-41-12-17-46-101(91)123(113)79-64-69-116-98(74-79)120-117(126-109-54-25-8-38-88(109)89-39-9-26-55-110(89)126)58-29-59-118(120)127(116)111-56-27-10-37-87(111)86-36-7-23-52-107(86)124-103-48-19-3-32-82(103)83-33-4-20-49-104(83)124/h1-74H. The van der Waals surface area contributed by atoms with Crippen molar-refractivity contribution in [2.75, 3.05) is 0 Å². The Hall–Kier alpha value is -17.2. The SMILES string of the molecule is c1ccc(-n2c3ccccc3c3ccccc32)c(-c2ccc(-c3ccc4c(c3)c3ccccc3n4-c3ccc4c(c3)c3c(-n5c6ccccc6c6ccccc65)cccc3n4-c3ccccc3-c3ccccc3-n3c4ccccc4c4ccccc43)cc2-n2c3ccccc3c3cc(-n4c5ccccc5c5cc(-n6c7ccccc7c7ccccc76)ccc54)ccc32)c1. The summed E-state index contributed by atoms with van der Waals surface area (Å²) in [5, 5.41) is 19.3. The molecule has 0 radical (unpaired) electrons. The van der Waals surface area contributed by atoms with E-state index in [1.54, 1.807) is 0 Å².